The van der Waals surface area contributed by atoms with Crippen LogP contribution in [-0.2, 0) is 16.2 Å². The van der Waals surface area contributed by atoms with Crippen LogP contribution >= 0.6 is 0 Å². The first-order valence-electron chi connectivity index (χ1n) is 22.1. The Morgan fingerprint density at radius 2 is 0.597 bits per heavy atom. The van der Waals surface area contributed by atoms with E-state index in [-0.39, 0.29) is 16.2 Å². The van der Waals surface area contributed by atoms with Crippen LogP contribution in [0.2, 0.25) is 0 Å². The summed E-state index contributed by atoms with van der Waals surface area (Å²) in [5, 5.41) is 0. The SMILES string of the molecule is CC1(C)c2ccccc2-c2ccc(N(c3ccc(-c4ccc5c(c4)-c4ccccc4C54c5ccccc5-c5ccccc54)cc3)c3ccc4c(c3)C(C)(C)c3ccccc3-4)cc21. The lowest BCUT2D eigenvalue weighted by Gasteiger charge is -2.30. The lowest BCUT2D eigenvalue weighted by Crippen LogP contribution is -2.25. The highest BCUT2D eigenvalue weighted by Crippen LogP contribution is 2.63. The zero-order chi connectivity index (χ0) is 41.5. The molecule has 1 spiro atoms. The van der Waals surface area contributed by atoms with Crippen molar-refractivity contribution in [3.05, 3.63) is 245 Å². The molecule has 294 valence electrons. The first-order valence-corrected chi connectivity index (χ1v) is 22.1. The Labute approximate surface area is 364 Å². The van der Waals surface area contributed by atoms with Gasteiger partial charge in [-0.2, -0.15) is 0 Å². The maximum Gasteiger partial charge on any atom is 0.0725 e. The molecule has 0 unspecified atom stereocenters. The van der Waals surface area contributed by atoms with Crippen LogP contribution < -0.4 is 4.90 Å². The molecule has 1 heteroatoms. The molecule has 9 aromatic rings. The third-order valence-corrected chi connectivity index (χ3v) is 15.1. The standard InChI is InChI=1S/C61H45N/c1-59(2)51-20-10-5-15-43(51)48-32-30-41(36-57(48)59)62(42-31-33-49-44-16-6-11-21-52(44)60(3,4)58(49)37-42)40-28-25-38(26-29-40)39-27-34-56-50(35-39)47-19-9-14-24-55(47)61(56)53-22-12-7-17-45(53)46-18-8-13-23-54(46)61/h5-37H,1-4H3. The molecule has 13 rings (SSSR count). The van der Waals surface area contributed by atoms with Gasteiger partial charge in [0.05, 0.1) is 5.41 Å². The predicted octanol–water partition coefficient (Wildman–Crippen LogP) is 15.8. The summed E-state index contributed by atoms with van der Waals surface area (Å²) in [4.78, 5) is 2.47. The van der Waals surface area contributed by atoms with E-state index in [1.54, 1.807) is 0 Å². The Morgan fingerprint density at radius 3 is 1.06 bits per heavy atom. The summed E-state index contributed by atoms with van der Waals surface area (Å²) >= 11 is 0. The van der Waals surface area contributed by atoms with Crippen LogP contribution in [0.1, 0.15) is 72.2 Å². The molecule has 0 radical (unpaired) electrons. The minimum absolute atomic E-state index is 0.105. The summed E-state index contributed by atoms with van der Waals surface area (Å²) in [5.41, 5.74) is 27.0. The van der Waals surface area contributed by atoms with E-state index in [2.05, 4.69) is 233 Å². The second-order valence-corrected chi connectivity index (χ2v) is 18.8. The van der Waals surface area contributed by atoms with Gasteiger partial charge in [-0.25, -0.2) is 0 Å². The monoisotopic (exact) mass is 791 g/mol. The van der Waals surface area contributed by atoms with Gasteiger partial charge in [0.15, 0.2) is 0 Å². The van der Waals surface area contributed by atoms with Crippen molar-refractivity contribution in [3.63, 3.8) is 0 Å². The van der Waals surface area contributed by atoms with E-state index in [1.807, 2.05) is 0 Å². The second-order valence-electron chi connectivity index (χ2n) is 18.8. The molecule has 4 aliphatic rings. The van der Waals surface area contributed by atoms with Gasteiger partial charge in [-0.05, 0) is 143 Å². The van der Waals surface area contributed by atoms with Crippen molar-refractivity contribution in [1.82, 2.24) is 0 Å². The molecular weight excluding hydrogens is 747 g/mol. The highest BCUT2D eigenvalue weighted by Gasteiger charge is 2.51. The summed E-state index contributed by atoms with van der Waals surface area (Å²) in [7, 11) is 0. The van der Waals surface area contributed by atoms with Gasteiger partial charge < -0.3 is 4.90 Å². The number of benzene rings is 9. The van der Waals surface area contributed by atoms with E-state index >= 15 is 0 Å². The Balaban J connectivity index is 0.944. The van der Waals surface area contributed by atoms with E-state index in [1.165, 1.54) is 112 Å². The van der Waals surface area contributed by atoms with Crippen LogP contribution in [0.5, 0.6) is 0 Å². The number of anilines is 3. The van der Waals surface area contributed by atoms with Gasteiger partial charge in [0.2, 0.25) is 0 Å². The molecule has 0 aliphatic heterocycles. The summed E-state index contributed by atoms with van der Waals surface area (Å²) in [6.07, 6.45) is 0. The molecular formula is C61H45N. The van der Waals surface area contributed by atoms with Crippen LogP contribution in [0.15, 0.2) is 200 Å². The van der Waals surface area contributed by atoms with Gasteiger partial charge in [0, 0.05) is 27.9 Å². The maximum absolute atomic E-state index is 2.47. The van der Waals surface area contributed by atoms with E-state index in [4.69, 9.17) is 0 Å². The number of fused-ring (bicyclic) bond motifs is 16. The average molecular weight is 792 g/mol. The predicted molar refractivity (Wildman–Crippen MR) is 258 cm³/mol. The molecule has 0 saturated heterocycles. The normalized spacial score (nSPS) is 15.5. The molecule has 0 bridgehead atoms. The highest BCUT2D eigenvalue weighted by atomic mass is 15.1. The Hall–Kier alpha value is -7.22. The van der Waals surface area contributed by atoms with Crippen molar-refractivity contribution in [2.45, 2.75) is 43.9 Å². The van der Waals surface area contributed by atoms with Crippen molar-refractivity contribution in [3.8, 4) is 55.6 Å². The molecule has 0 N–H and O–H groups in total. The quantitative estimate of drug-likeness (QED) is 0.172. The fourth-order valence-electron chi connectivity index (χ4n) is 12.2. The van der Waals surface area contributed by atoms with Crippen LogP contribution in [0.25, 0.3) is 55.6 Å². The fraction of sp³-hybridized carbons (Fsp3) is 0.115. The minimum atomic E-state index is -0.334. The fourth-order valence-corrected chi connectivity index (χ4v) is 12.2. The zero-order valence-corrected chi connectivity index (χ0v) is 35.5. The van der Waals surface area contributed by atoms with E-state index in [0.717, 1.165) is 5.69 Å². The second kappa shape index (κ2) is 12.4. The molecule has 0 heterocycles. The van der Waals surface area contributed by atoms with Gasteiger partial charge in [-0.15, -0.1) is 0 Å². The molecule has 0 fully saturated rings. The molecule has 62 heavy (non-hydrogen) atoms. The van der Waals surface area contributed by atoms with Crippen molar-refractivity contribution in [2.75, 3.05) is 4.90 Å². The Kier molecular flexibility index (Phi) is 7.12. The number of nitrogens with zero attached hydrogens (tertiary/aromatic N) is 1. The summed E-state index contributed by atoms with van der Waals surface area (Å²) in [6.45, 7) is 9.49. The van der Waals surface area contributed by atoms with Gasteiger partial charge in [-0.1, -0.05) is 185 Å². The minimum Gasteiger partial charge on any atom is -0.310 e. The third-order valence-electron chi connectivity index (χ3n) is 15.1. The molecule has 0 aromatic heterocycles. The summed E-state index contributed by atoms with van der Waals surface area (Å²) in [5.74, 6) is 0. The third kappa shape index (κ3) is 4.53. The lowest BCUT2D eigenvalue weighted by atomic mass is 9.70. The Bertz CT molecular complexity index is 3210. The number of hydrogen-bond donors (Lipinski definition) is 0. The zero-order valence-electron chi connectivity index (χ0n) is 35.5. The molecule has 1 nitrogen and oxygen atoms in total. The number of hydrogen-bond acceptors (Lipinski definition) is 1. The summed E-state index contributed by atoms with van der Waals surface area (Å²) < 4.78 is 0. The molecule has 9 aromatic carbocycles. The first kappa shape index (κ1) is 35.5. The van der Waals surface area contributed by atoms with E-state index in [9.17, 15) is 0 Å². The van der Waals surface area contributed by atoms with Crippen molar-refractivity contribution in [1.29, 1.82) is 0 Å². The van der Waals surface area contributed by atoms with Crippen molar-refractivity contribution >= 4 is 17.1 Å². The topological polar surface area (TPSA) is 3.24 Å². The largest absolute Gasteiger partial charge is 0.310 e. The van der Waals surface area contributed by atoms with Crippen molar-refractivity contribution < 1.29 is 0 Å². The molecule has 4 aliphatic carbocycles. The number of rotatable bonds is 4. The lowest BCUT2D eigenvalue weighted by molar-refractivity contribution is 0.660. The van der Waals surface area contributed by atoms with Gasteiger partial charge in [-0.3, -0.25) is 0 Å². The van der Waals surface area contributed by atoms with Crippen LogP contribution in [0.3, 0.4) is 0 Å². The van der Waals surface area contributed by atoms with Crippen LogP contribution in [-0.4, -0.2) is 0 Å². The van der Waals surface area contributed by atoms with Gasteiger partial charge >= 0.3 is 0 Å². The maximum atomic E-state index is 2.47. The smallest absolute Gasteiger partial charge is 0.0725 e. The van der Waals surface area contributed by atoms with Crippen LogP contribution in [0.4, 0.5) is 17.1 Å². The molecule has 0 amide bonds. The van der Waals surface area contributed by atoms with Gasteiger partial charge in [0.25, 0.3) is 0 Å². The summed E-state index contributed by atoms with van der Waals surface area (Å²) in [6, 6.07) is 75.7. The first-order chi connectivity index (χ1) is 30.3. The molecule has 0 atom stereocenters. The van der Waals surface area contributed by atoms with Gasteiger partial charge in [0.1, 0.15) is 0 Å². The van der Waals surface area contributed by atoms with E-state index in [0.29, 0.717) is 0 Å². The van der Waals surface area contributed by atoms with E-state index < -0.39 is 0 Å². The average Bonchev–Trinajstić information content (AvgIpc) is 3.94. The highest BCUT2D eigenvalue weighted by molar-refractivity contribution is 5.96. The Morgan fingerprint density at radius 1 is 0.258 bits per heavy atom. The van der Waals surface area contributed by atoms with Crippen molar-refractivity contribution in [2.24, 2.45) is 0 Å². The van der Waals surface area contributed by atoms with Crippen LogP contribution in [0, 0.1) is 0 Å². The molecule has 0 saturated carbocycles.